The Morgan fingerprint density at radius 3 is 1.43 bits per heavy atom. The maximum atomic E-state index is 4.94. The molecule has 7 heteroatoms. The fraction of sp³-hybridized carbons (Fsp3) is 0.667. The van der Waals surface area contributed by atoms with Crippen LogP contribution in [-0.2, 0) is 18.6 Å². The molecule has 3 rings (SSSR count). The van der Waals surface area contributed by atoms with Crippen molar-refractivity contribution in [2.24, 2.45) is 9.98 Å². The van der Waals surface area contributed by atoms with Gasteiger partial charge in [-0.25, -0.2) is 4.98 Å². The Morgan fingerprint density at radius 2 is 1.07 bits per heavy atom. The molecular formula is C21H31Cl3N3V-3. The van der Waals surface area contributed by atoms with Gasteiger partial charge in [-0.2, -0.15) is 0 Å². The van der Waals surface area contributed by atoms with Crippen LogP contribution in [0.4, 0.5) is 0 Å². The predicted molar refractivity (Wildman–Crippen MR) is 102 cm³/mol. The van der Waals surface area contributed by atoms with Gasteiger partial charge < -0.3 is 37.2 Å². The van der Waals surface area contributed by atoms with Crippen molar-refractivity contribution in [1.29, 1.82) is 0 Å². The topological polar surface area (TPSA) is 37.6 Å². The van der Waals surface area contributed by atoms with Gasteiger partial charge in [0.15, 0.2) is 0 Å². The van der Waals surface area contributed by atoms with Crippen molar-refractivity contribution in [2.75, 3.05) is 0 Å². The van der Waals surface area contributed by atoms with Crippen LogP contribution in [0.15, 0.2) is 28.2 Å². The minimum Gasteiger partial charge on any atom is -1.00 e. The number of hydrogen-bond donors (Lipinski definition) is 0. The van der Waals surface area contributed by atoms with E-state index < -0.39 is 0 Å². The number of pyridine rings is 1. The number of aromatic nitrogens is 1. The molecule has 159 valence electrons. The smallest absolute Gasteiger partial charge is 0.0845 e. The molecular weight excluding hydrogens is 452 g/mol. The van der Waals surface area contributed by atoms with Crippen LogP contribution in [0, 0.1) is 0 Å². The quantitative estimate of drug-likeness (QED) is 0.408. The van der Waals surface area contributed by atoms with Gasteiger partial charge in [0.25, 0.3) is 0 Å². The van der Waals surface area contributed by atoms with Gasteiger partial charge in [-0.1, -0.05) is 44.6 Å². The number of aliphatic imine (C=N–C) groups is 2. The largest absolute Gasteiger partial charge is 1.00 e. The first-order valence-electron chi connectivity index (χ1n) is 9.79. The third-order valence-electron chi connectivity index (χ3n) is 5.39. The van der Waals surface area contributed by atoms with Gasteiger partial charge >= 0.3 is 0 Å². The van der Waals surface area contributed by atoms with E-state index in [0.29, 0.717) is 12.1 Å². The van der Waals surface area contributed by atoms with Gasteiger partial charge in [-0.3, -0.25) is 9.98 Å². The summed E-state index contributed by atoms with van der Waals surface area (Å²) < 4.78 is 0. The summed E-state index contributed by atoms with van der Waals surface area (Å²) in [6.07, 6.45) is 13.0. The Bertz CT molecular complexity index is 561. The summed E-state index contributed by atoms with van der Waals surface area (Å²) in [6.45, 7) is 4.21. The van der Waals surface area contributed by atoms with E-state index >= 15 is 0 Å². The Hall–Kier alpha value is -0.0556. The van der Waals surface area contributed by atoms with Crippen molar-refractivity contribution in [2.45, 2.75) is 90.1 Å². The molecule has 1 aromatic rings. The number of nitrogens with zero attached hydrogens (tertiary/aromatic N) is 3. The van der Waals surface area contributed by atoms with Crippen LogP contribution in [0.5, 0.6) is 0 Å². The molecule has 1 heterocycles. The first kappa shape index (κ1) is 30.1. The van der Waals surface area contributed by atoms with E-state index in [1.807, 2.05) is 0 Å². The van der Waals surface area contributed by atoms with Crippen LogP contribution in [-0.4, -0.2) is 28.5 Å². The standard InChI is InChI=1S/C21H31N3.3ClH.V/c1-16(22-18-10-5-3-6-11-18)20-14-9-15-21(24-20)17(2)23-19-12-7-4-8-13-19;;;;/h9,14-15,18-19H,3-8,10-13H2,1-2H3;3*1H;/p-3. The summed E-state index contributed by atoms with van der Waals surface area (Å²) in [7, 11) is 0. The number of hydrogen-bond acceptors (Lipinski definition) is 3. The minimum atomic E-state index is 0. The van der Waals surface area contributed by atoms with Gasteiger partial charge in [0.1, 0.15) is 0 Å². The molecule has 2 aliphatic carbocycles. The van der Waals surface area contributed by atoms with Crippen LogP contribution in [0.2, 0.25) is 0 Å². The molecule has 3 nitrogen and oxygen atoms in total. The van der Waals surface area contributed by atoms with Crippen molar-refractivity contribution in [1.82, 2.24) is 4.98 Å². The maximum Gasteiger partial charge on any atom is 0.0845 e. The second-order valence-corrected chi connectivity index (χ2v) is 7.42. The molecule has 0 atom stereocenters. The third kappa shape index (κ3) is 9.18. The molecule has 2 fully saturated rings. The molecule has 28 heavy (non-hydrogen) atoms. The fourth-order valence-corrected chi connectivity index (χ4v) is 3.94. The first-order valence-corrected chi connectivity index (χ1v) is 9.79. The van der Waals surface area contributed by atoms with Crippen LogP contribution >= 0.6 is 0 Å². The molecule has 0 aromatic carbocycles. The molecule has 0 unspecified atom stereocenters. The number of halogens is 3. The van der Waals surface area contributed by atoms with E-state index in [2.05, 4.69) is 32.0 Å². The van der Waals surface area contributed by atoms with Crippen LogP contribution in [0.3, 0.4) is 0 Å². The van der Waals surface area contributed by atoms with Gasteiger partial charge in [0, 0.05) is 18.6 Å². The zero-order valence-electron chi connectivity index (χ0n) is 16.9. The van der Waals surface area contributed by atoms with E-state index in [4.69, 9.17) is 15.0 Å². The summed E-state index contributed by atoms with van der Waals surface area (Å²) >= 11 is 0. The molecule has 1 aromatic heterocycles. The molecule has 0 amide bonds. The molecule has 2 aliphatic rings. The Labute approximate surface area is 201 Å². The summed E-state index contributed by atoms with van der Waals surface area (Å²) in [5.41, 5.74) is 4.18. The monoisotopic (exact) mass is 481 g/mol. The zero-order chi connectivity index (χ0) is 16.8. The molecule has 0 bridgehead atoms. The summed E-state index contributed by atoms with van der Waals surface area (Å²) in [4.78, 5) is 14.7. The molecule has 0 N–H and O–H groups in total. The average molecular weight is 483 g/mol. The van der Waals surface area contributed by atoms with Gasteiger partial charge in [-0.15, -0.1) is 0 Å². The van der Waals surface area contributed by atoms with E-state index in [-0.39, 0.29) is 55.8 Å². The predicted octanol–water partition coefficient (Wildman–Crippen LogP) is -3.63. The molecule has 0 saturated heterocycles. The van der Waals surface area contributed by atoms with E-state index in [9.17, 15) is 0 Å². The third-order valence-corrected chi connectivity index (χ3v) is 5.39. The Morgan fingerprint density at radius 1 is 0.714 bits per heavy atom. The summed E-state index contributed by atoms with van der Waals surface area (Å²) in [6, 6.07) is 7.26. The second kappa shape index (κ2) is 15.7. The first-order chi connectivity index (χ1) is 11.7. The van der Waals surface area contributed by atoms with E-state index in [1.54, 1.807) is 0 Å². The van der Waals surface area contributed by atoms with Gasteiger partial charge in [-0.05, 0) is 51.7 Å². The van der Waals surface area contributed by atoms with E-state index in [1.165, 1.54) is 64.2 Å². The number of rotatable bonds is 4. The Balaban J connectivity index is 0. The molecule has 0 aliphatic heterocycles. The second-order valence-electron chi connectivity index (χ2n) is 7.42. The van der Waals surface area contributed by atoms with Crippen molar-refractivity contribution < 1.29 is 55.8 Å². The van der Waals surface area contributed by atoms with Crippen LogP contribution in [0.1, 0.15) is 89.4 Å². The van der Waals surface area contributed by atoms with Crippen molar-refractivity contribution in [3.8, 4) is 0 Å². The SMILES string of the molecule is CC(=NC1CCCCC1)c1cccc(C(C)=NC2CCCCC2)n1.[Cl-].[Cl-].[Cl-].[V]. The molecule has 0 spiro atoms. The van der Waals surface area contributed by atoms with Crippen molar-refractivity contribution in [3.05, 3.63) is 29.6 Å². The minimum absolute atomic E-state index is 0. The van der Waals surface area contributed by atoms with Gasteiger partial charge in [0.05, 0.1) is 34.9 Å². The van der Waals surface area contributed by atoms with E-state index in [0.717, 1.165) is 22.8 Å². The average Bonchev–Trinajstić information content (AvgIpc) is 2.63. The fourth-order valence-electron chi connectivity index (χ4n) is 3.94. The van der Waals surface area contributed by atoms with Crippen LogP contribution in [0.25, 0.3) is 0 Å². The zero-order valence-corrected chi connectivity index (χ0v) is 20.5. The summed E-state index contributed by atoms with van der Waals surface area (Å²) in [5, 5.41) is 0. The van der Waals surface area contributed by atoms with Crippen LogP contribution < -0.4 is 37.2 Å². The normalized spacial score (nSPS) is 18.8. The molecule has 2 saturated carbocycles. The summed E-state index contributed by atoms with van der Waals surface area (Å²) in [5.74, 6) is 0. The van der Waals surface area contributed by atoms with Crippen molar-refractivity contribution in [3.63, 3.8) is 0 Å². The molecule has 1 radical (unpaired) electrons. The van der Waals surface area contributed by atoms with Crippen molar-refractivity contribution >= 4 is 11.4 Å². The Kier molecular flexibility index (Phi) is 16.9. The maximum absolute atomic E-state index is 4.94. The van der Waals surface area contributed by atoms with Gasteiger partial charge in [0.2, 0.25) is 0 Å².